The van der Waals surface area contributed by atoms with Crippen LogP contribution in [0.3, 0.4) is 0 Å². The number of ketones is 1. The van der Waals surface area contributed by atoms with Crippen LogP contribution in [0.4, 0.5) is 0 Å². The fourth-order valence-electron chi connectivity index (χ4n) is 4.33. The first-order chi connectivity index (χ1) is 15.2. The largest absolute Gasteiger partial charge is 0.459 e. The Morgan fingerprint density at radius 3 is 2.35 bits per heavy atom. The van der Waals surface area contributed by atoms with E-state index in [0.29, 0.717) is 37.5 Å². The molecule has 0 bridgehead atoms. The van der Waals surface area contributed by atoms with Gasteiger partial charge in [-0.05, 0) is 23.8 Å². The van der Waals surface area contributed by atoms with Crippen molar-refractivity contribution in [1.29, 1.82) is 0 Å². The van der Waals surface area contributed by atoms with Crippen LogP contribution in [-0.2, 0) is 0 Å². The number of carbonyl (C=O) groups is 2. The van der Waals surface area contributed by atoms with E-state index in [1.807, 2.05) is 54.6 Å². The van der Waals surface area contributed by atoms with E-state index in [1.165, 1.54) is 6.26 Å². The van der Waals surface area contributed by atoms with Gasteiger partial charge in [0.2, 0.25) is 0 Å². The highest BCUT2D eigenvalue weighted by atomic mass is 16.3. The number of hydrogen-bond acceptors (Lipinski definition) is 4. The Labute approximate surface area is 180 Å². The highest BCUT2D eigenvalue weighted by Crippen LogP contribution is 2.30. The highest BCUT2D eigenvalue weighted by molar-refractivity contribution is 6.10. The van der Waals surface area contributed by atoms with Crippen molar-refractivity contribution in [2.45, 2.75) is 6.04 Å². The van der Waals surface area contributed by atoms with Crippen LogP contribution in [0.15, 0.2) is 83.6 Å². The predicted octanol–water partition coefficient (Wildman–Crippen LogP) is 4.14. The molecule has 1 aliphatic rings. The van der Waals surface area contributed by atoms with E-state index < -0.39 is 6.04 Å². The molecule has 5 rings (SSSR count). The third-order valence-corrected chi connectivity index (χ3v) is 5.92. The molecule has 3 heterocycles. The zero-order valence-corrected chi connectivity index (χ0v) is 17.0. The number of aromatic amines is 1. The van der Waals surface area contributed by atoms with Gasteiger partial charge in [0.1, 0.15) is 0 Å². The van der Waals surface area contributed by atoms with E-state index in [-0.39, 0.29) is 11.7 Å². The van der Waals surface area contributed by atoms with E-state index in [9.17, 15) is 9.59 Å². The lowest BCUT2D eigenvalue weighted by atomic mass is 9.95. The summed E-state index contributed by atoms with van der Waals surface area (Å²) in [5, 5.41) is 0.931. The van der Waals surface area contributed by atoms with Gasteiger partial charge >= 0.3 is 0 Å². The summed E-state index contributed by atoms with van der Waals surface area (Å²) in [5.41, 5.74) is 2.61. The maximum Gasteiger partial charge on any atom is 0.289 e. The van der Waals surface area contributed by atoms with Crippen molar-refractivity contribution in [1.82, 2.24) is 14.8 Å². The molecule has 6 heteroatoms. The van der Waals surface area contributed by atoms with Crippen LogP contribution in [-0.4, -0.2) is 52.7 Å². The molecule has 31 heavy (non-hydrogen) atoms. The summed E-state index contributed by atoms with van der Waals surface area (Å²) >= 11 is 0. The van der Waals surface area contributed by atoms with Gasteiger partial charge in [-0.3, -0.25) is 14.5 Å². The first-order valence-corrected chi connectivity index (χ1v) is 10.4. The summed E-state index contributed by atoms with van der Waals surface area (Å²) in [5.74, 6) is 0.307. The number of rotatable bonds is 5. The summed E-state index contributed by atoms with van der Waals surface area (Å²) in [6, 6.07) is 20.7. The summed E-state index contributed by atoms with van der Waals surface area (Å²) < 4.78 is 5.26. The van der Waals surface area contributed by atoms with Crippen LogP contribution in [0.5, 0.6) is 0 Å². The minimum atomic E-state index is -0.402. The Bertz CT molecular complexity index is 1190. The smallest absolute Gasteiger partial charge is 0.289 e. The number of fused-ring (bicyclic) bond motifs is 1. The molecule has 2 aromatic carbocycles. The monoisotopic (exact) mass is 413 g/mol. The number of Topliss-reactive ketones (excluding diaryl/α,β-unsaturated/α-hetero) is 1. The number of nitrogens with zero attached hydrogens (tertiary/aromatic N) is 2. The Hall–Kier alpha value is -3.64. The van der Waals surface area contributed by atoms with E-state index in [1.54, 1.807) is 23.2 Å². The molecule has 1 amide bonds. The number of nitrogens with one attached hydrogen (secondary N) is 1. The number of aromatic nitrogens is 1. The quantitative estimate of drug-likeness (QED) is 0.499. The molecule has 0 saturated carbocycles. The number of hydrogen-bond donors (Lipinski definition) is 1. The lowest BCUT2D eigenvalue weighted by Gasteiger charge is -2.38. The third-order valence-electron chi connectivity index (χ3n) is 5.92. The number of furan rings is 1. The van der Waals surface area contributed by atoms with E-state index in [4.69, 9.17) is 4.42 Å². The molecule has 1 N–H and O–H groups in total. The second-order valence-electron chi connectivity index (χ2n) is 7.73. The average Bonchev–Trinajstić information content (AvgIpc) is 3.50. The molecule has 1 atom stereocenters. The number of piperazine rings is 1. The zero-order valence-electron chi connectivity index (χ0n) is 17.0. The number of carbonyl (C=O) groups excluding carboxylic acids is 2. The van der Waals surface area contributed by atoms with E-state index >= 15 is 0 Å². The van der Waals surface area contributed by atoms with Crippen LogP contribution < -0.4 is 0 Å². The van der Waals surface area contributed by atoms with Crippen molar-refractivity contribution >= 4 is 22.6 Å². The minimum Gasteiger partial charge on any atom is -0.459 e. The Balaban J connectivity index is 1.41. The molecule has 4 aromatic rings. The number of H-pyrrole nitrogens is 1. The summed E-state index contributed by atoms with van der Waals surface area (Å²) in [6.45, 7) is 2.31. The van der Waals surface area contributed by atoms with Crippen LogP contribution in [0, 0.1) is 0 Å². The summed E-state index contributed by atoms with van der Waals surface area (Å²) in [6.07, 6.45) is 3.31. The maximum atomic E-state index is 13.8. The van der Waals surface area contributed by atoms with Gasteiger partial charge in [-0.15, -0.1) is 0 Å². The Kier molecular flexibility index (Phi) is 5.14. The van der Waals surface area contributed by atoms with E-state index in [2.05, 4.69) is 9.88 Å². The van der Waals surface area contributed by atoms with Gasteiger partial charge in [0.05, 0.1) is 12.3 Å². The second kappa shape index (κ2) is 8.24. The fraction of sp³-hybridized carbons (Fsp3) is 0.200. The molecule has 0 radical (unpaired) electrons. The van der Waals surface area contributed by atoms with Crippen LogP contribution >= 0.6 is 0 Å². The minimum absolute atomic E-state index is 0.0643. The molecular weight excluding hydrogens is 390 g/mol. The molecule has 0 unspecified atom stereocenters. The van der Waals surface area contributed by atoms with Crippen molar-refractivity contribution in [3.8, 4) is 0 Å². The molecular formula is C25H23N3O3. The van der Waals surface area contributed by atoms with Crippen molar-refractivity contribution in [2.24, 2.45) is 0 Å². The van der Waals surface area contributed by atoms with Crippen LogP contribution in [0.1, 0.15) is 32.5 Å². The second-order valence-corrected chi connectivity index (χ2v) is 7.73. The topological polar surface area (TPSA) is 69.6 Å². The van der Waals surface area contributed by atoms with Crippen LogP contribution in [0.2, 0.25) is 0 Å². The Morgan fingerprint density at radius 2 is 1.61 bits per heavy atom. The lowest BCUT2D eigenvalue weighted by molar-refractivity contribution is 0.0510. The zero-order chi connectivity index (χ0) is 21.2. The molecule has 6 nitrogen and oxygen atoms in total. The van der Waals surface area contributed by atoms with E-state index in [0.717, 1.165) is 16.5 Å². The fourth-order valence-corrected chi connectivity index (χ4v) is 4.33. The number of amides is 1. The van der Waals surface area contributed by atoms with Crippen molar-refractivity contribution in [2.75, 3.05) is 26.2 Å². The van der Waals surface area contributed by atoms with Crippen LogP contribution in [0.25, 0.3) is 10.9 Å². The Morgan fingerprint density at radius 1 is 0.871 bits per heavy atom. The first-order valence-electron chi connectivity index (χ1n) is 10.4. The van der Waals surface area contributed by atoms with Crippen molar-refractivity contribution in [3.63, 3.8) is 0 Å². The van der Waals surface area contributed by atoms with Gasteiger partial charge in [0.15, 0.2) is 11.5 Å². The highest BCUT2D eigenvalue weighted by Gasteiger charge is 2.33. The first kappa shape index (κ1) is 19.3. The number of benzene rings is 2. The maximum absolute atomic E-state index is 13.8. The van der Waals surface area contributed by atoms with Crippen molar-refractivity contribution in [3.05, 3.63) is 96.1 Å². The van der Waals surface area contributed by atoms with Gasteiger partial charge in [-0.25, -0.2) is 0 Å². The number of para-hydroxylation sites is 1. The van der Waals surface area contributed by atoms with Gasteiger partial charge in [0, 0.05) is 48.8 Å². The molecule has 1 fully saturated rings. The molecule has 1 saturated heterocycles. The van der Waals surface area contributed by atoms with Gasteiger partial charge < -0.3 is 14.3 Å². The summed E-state index contributed by atoms with van der Waals surface area (Å²) in [7, 11) is 0. The lowest BCUT2D eigenvalue weighted by Crippen LogP contribution is -2.51. The molecule has 2 aromatic heterocycles. The predicted molar refractivity (Wildman–Crippen MR) is 118 cm³/mol. The standard InChI is InChI=1S/C25H23N3O3/c29-24(20-17-26-21-10-5-4-9-19(20)21)23(18-7-2-1-3-8-18)27-12-14-28(15-13-27)25(30)22-11-6-16-31-22/h1-11,16-17,23,26H,12-15H2/t23-/m1/s1. The molecule has 0 spiro atoms. The van der Waals surface area contributed by atoms with Gasteiger partial charge in [0.25, 0.3) is 5.91 Å². The normalized spacial score (nSPS) is 15.8. The van der Waals surface area contributed by atoms with Gasteiger partial charge in [-0.1, -0.05) is 48.5 Å². The average molecular weight is 413 g/mol. The molecule has 156 valence electrons. The SMILES string of the molecule is O=C(c1c[nH]c2ccccc12)[C@@H](c1ccccc1)N1CCN(C(=O)c2ccco2)CC1. The molecule has 0 aliphatic carbocycles. The third kappa shape index (κ3) is 3.66. The molecule has 1 aliphatic heterocycles. The van der Waals surface area contributed by atoms with Gasteiger partial charge in [-0.2, -0.15) is 0 Å². The summed E-state index contributed by atoms with van der Waals surface area (Å²) in [4.78, 5) is 33.6. The van der Waals surface area contributed by atoms with Crippen molar-refractivity contribution < 1.29 is 14.0 Å².